The molecule has 0 aromatic heterocycles. The van der Waals surface area contributed by atoms with Crippen LogP contribution in [0.25, 0.3) is 0 Å². The number of benzene rings is 1. The number of aryl methyl sites for hydroxylation is 1. The van der Waals surface area contributed by atoms with Gasteiger partial charge in [-0.2, -0.15) is 0 Å². The van der Waals surface area contributed by atoms with Gasteiger partial charge in [-0.1, -0.05) is 11.6 Å². The van der Waals surface area contributed by atoms with E-state index in [0.717, 1.165) is 11.1 Å². The number of rotatable bonds is 1. The van der Waals surface area contributed by atoms with Crippen LogP contribution in [-0.2, 0) is 17.6 Å². The molecule has 15 heavy (non-hydrogen) atoms. The summed E-state index contributed by atoms with van der Waals surface area (Å²) in [6.07, 6.45) is 1.55. The van der Waals surface area contributed by atoms with Crippen molar-refractivity contribution in [2.45, 2.75) is 19.3 Å². The van der Waals surface area contributed by atoms with Gasteiger partial charge in [-0.3, -0.25) is 4.79 Å². The van der Waals surface area contributed by atoms with Crippen molar-refractivity contribution in [2.24, 2.45) is 5.92 Å². The Morgan fingerprint density at radius 2 is 2.27 bits per heavy atom. The molecule has 0 amide bonds. The number of hydrogen-bond donors (Lipinski definition) is 1. The van der Waals surface area contributed by atoms with Crippen molar-refractivity contribution in [2.75, 3.05) is 0 Å². The van der Waals surface area contributed by atoms with Gasteiger partial charge in [0.15, 0.2) is 0 Å². The van der Waals surface area contributed by atoms with Gasteiger partial charge in [-0.15, -0.1) is 0 Å². The molecule has 0 aliphatic heterocycles. The van der Waals surface area contributed by atoms with Gasteiger partial charge in [0.2, 0.25) is 0 Å². The van der Waals surface area contributed by atoms with Crippen LogP contribution in [0.15, 0.2) is 12.1 Å². The van der Waals surface area contributed by atoms with Crippen molar-refractivity contribution in [3.63, 3.8) is 0 Å². The average molecular weight is 229 g/mol. The molecule has 0 radical (unpaired) electrons. The van der Waals surface area contributed by atoms with Gasteiger partial charge in [-0.05, 0) is 42.5 Å². The fourth-order valence-corrected chi connectivity index (χ4v) is 2.30. The van der Waals surface area contributed by atoms with Crippen LogP contribution in [0.3, 0.4) is 0 Å². The Hall–Kier alpha value is -1.09. The monoisotopic (exact) mass is 228 g/mol. The minimum atomic E-state index is -0.805. The molecule has 4 heteroatoms. The molecular formula is C11H10ClFO2. The van der Waals surface area contributed by atoms with Crippen LogP contribution in [0.4, 0.5) is 4.39 Å². The van der Waals surface area contributed by atoms with E-state index in [4.69, 9.17) is 16.7 Å². The predicted molar refractivity (Wildman–Crippen MR) is 54.6 cm³/mol. The zero-order chi connectivity index (χ0) is 11.0. The first-order valence-electron chi connectivity index (χ1n) is 4.77. The first-order chi connectivity index (χ1) is 7.08. The van der Waals surface area contributed by atoms with Gasteiger partial charge in [0.05, 0.1) is 5.92 Å². The molecule has 2 rings (SSSR count). The van der Waals surface area contributed by atoms with Gasteiger partial charge in [-0.25, -0.2) is 4.39 Å². The maximum Gasteiger partial charge on any atom is 0.306 e. The lowest BCUT2D eigenvalue weighted by atomic mass is 9.84. The van der Waals surface area contributed by atoms with E-state index in [9.17, 15) is 9.18 Å². The Morgan fingerprint density at radius 3 is 2.93 bits per heavy atom. The van der Waals surface area contributed by atoms with Crippen LogP contribution >= 0.6 is 11.6 Å². The molecule has 0 fully saturated rings. The third-order valence-electron chi connectivity index (χ3n) is 2.81. The van der Waals surface area contributed by atoms with E-state index in [-0.39, 0.29) is 11.7 Å². The van der Waals surface area contributed by atoms with Gasteiger partial charge >= 0.3 is 5.97 Å². The molecule has 1 aliphatic carbocycles. The number of carboxylic acid groups (broad SMARTS) is 1. The SMILES string of the molecule is O=C(O)C1CCc2cc(F)cc(Cl)c2C1. The molecule has 1 aliphatic rings. The Labute approximate surface area is 91.7 Å². The molecule has 0 saturated heterocycles. The molecule has 0 bridgehead atoms. The largest absolute Gasteiger partial charge is 0.481 e. The van der Waals surface area contributed by atoms with Crippen molar-refractivity contribution in [1.29, 1.82) is 0 Å². The molecule has 2 nitrogen and oxygen atoms in total. The van der Waals surface area contributed by atoms with E-state index in [2.05, 4.69) is 0 Å². The van der Waals surface area contributed by atoms with E-state index in [1.807, 2.05) is 0 Å². The van der Waals surface area contributed by atoms with Crippen molar-refractivity contribution in [3.8, 4) is 0 Å². The zero-order valence-electron chi connectivity index (χ0n) is 7.96. The van der Waals surface area contributed by atoms with Crippen LogP contribution in [0, 0.1) is 11.7 Å². The zero-order valence-corrected chi connectivity index (χ0v) is 8.72. The maximum atomic E-state index is 13.0. The van der Waals surface area contributed by atoms with Gasteiger partial charge in [0, 0.05) is 5.02 Å². The summed E-state index contributed by atoms with van der Waals surface area (Å²) in [5, 5.41) is 9.24. The fraction of sp³-hybridized carbons (Fsp3) is 0.364. The summed E-state index contributed by atoms with van der Waals surface area (Å²) >= 11 is 5.88. The van der Waals surface area contributed by atoms with Gasteiger partial charge in [0.1, 0.15) is 5.82 Å². The third kappa shape index (κ3) is 1.97. The standard InChI is InChI=1S/C11H10ClFO2/c12-10-5-8(13)3-6-1-2-7(11(14)15)4-9(6)10/h3,5,7H,1-2,4H2,(H,14,15). The fourth-order valence-electron chi connectivity index (χ4n) is 2.00. The molecule has 1 unspecified atom stereocenters. The molecule has 1 atom stereocenters. The van der Waals surface area contributed by atoms with Crippen molar-refractivity contribution in [3.05, 3.63) is 34.1 Å². The van der Waals surface area contributed by atoms with Crippen LogP contribution in [0.2, 0.25) is 5.02 Å². The topological polar surface area (TPSA) is 37.3 Å². The number of aliphatic carboxylic acids is 1. The van der Waals surface area contributed by atoms with E-state index < -0.39 is 5.97 Å². The molecule has 1 N–H and O–H groups in total. The second kappa shape index (κ2) is 3.81. The summed E-state index contributed by atoms with van der Waals surface area (Å²) in [4.78, 5) is 10.8. The van der Waals surface area contributed by atoms with E-state index in [1.54, 1.807) is 0 Å². The van der Waals surface area contributed by atoms with Crippen LogP contribution < -0.4 is 0 Å². The lowest BCUT2D eigenvalue weighted by Gasteiger charge is -2.22. The minimum Gasteiger partial charge on any atom is -0.481 e. The second-order valence-electron chi connectivity index (χ2n) is 3.80. The Morgan fingerprint density at radius 1 is 1.53 bits per heavy atom. The molecule has 0 heterocycles. The maximum absolute atomic E-state index is 13.0. The Balaban J connectivity index is 2.37. The Bertz CT molecular complexity index is 417. The normalized spacial score (nSPS) is 19.7. The van der Waals surface area contributed by atoms with Gasteiger partial charge < -0.3 is 5.11 Å². The summed E-state index contributed by atoms with van der Waals surface area (Å²) in [6, 6.07) is 2.68. The lowest BCUT2D eigenvalue weighted by molar-refractivity contribution is -0.142. The van der Waals surface area contributed by atoms with E-state index in [0.29, 0.717) is 24.3 Å². The highest BCUT2D eigenvalue weighted by atomic mass is 35.5. The Kier molecular flexibility index (Phi) is 2.65. The number of carboxylic acids is 1. The average Bonchev–Trinajstić information content (AvgIpc) is 2.16. The van der Waals surface area contributed by atoms with Crippen molar-refractivity contribution < 1.29 is 14.3 Å². The second-order valence-corrected chi connectivity index (χ2v) is 4.21. The smallest absolute Gasteiger partial charge is 0.306 e. The highest BCUT2D eigenvalue weighted by Gasteiger charge is 2.26. The third-order valence-corrected chi connectivity index (χ3v) is 3.15. The van der Waals surface area contributed by atoms with Crippen molar-refractivity contribution in [1.82, 2.24) is 0 Å². The molecular weight excluding hydrogens is 219 g/mol. The first-order valence-corrected chi connectivity index (χ1v) is 5.15. The van der Waals surface area contributed by atoms with E-state index in [1.165, 1.54) is 12.1 Å². The molecule has 1 aromatic carbocycles. The molecule has 0 saturated carbocycles. The summed E-state index contributed by atoms with van der Waals surface area (Å²) in [6.45, 7) is 0. The number of fused-ring (bicyclic) bond motifs is 1. The first kappa shape index (κ1) is 10.4. The minimum absolute atomic E-state index is 0.343. The summed E-state index contributed by atoms with van der Waals surface area (Å²) in [5.74, 6) is -1.55. The predicted octanol–water partition coefficient (Wildman–Crippen LogP) is 2.67. The van der Waals surface area contributed by atoms with Crippen LogP contribution in [-0.4, -0.2) is 11.1 Å². The molecule has 1 aromatic rings. The van der Waals surface area contributed by atoms with Gasteiger partial charge in [0.25, 0.3) is 0 Å². The van der Waals surface area contributed by atoms with Crippen molar-refractivity contribution >= 4 is 17.6 Å². The molecule has 80 valence electrons. The highest BCUT2D eigenvalue weighted by molar-refractivity contribution is 6.31. The lowest BCUT2D eigenvalue weighted by Crippen LogP contribution is -2.22. The number of hydrogen-bond acceptors (Lipinski definition) is 1. The number of halogens is 2. The number of carbonyl (C=O) groups is 1. The molecule has 0 spiro atoms. The summed E-state index contributed by atoms with van der Waals surface area (Å²) in [5.41, 5.74) is 1.63. The van der Waals surface area contributed by atoms with E-state index >= 15 is 0 Å². The van der Waals surface area contributed by atoms with Crippen LogP contribution in [0.1, 0.15) is 17.5 Å². The summed E-state index contributed by atoms with van der Waals surface area (Å²) in [7, 11) is 0. The highest BCUT2D eigenvalue weighted by Crippen LogP contribution is 2.31. The quantitative estimate of drug-likeness (QED) is 0.803. The van der Waals surface area contributed by atoms with Crippen LogP contribution in [0.5, 0.6) is 0 Å². The summed E-state index contributed by atoms with van der Waals surface area (Å²) < 4.78 is 13.0.